The maximum Gasteiger partial charge on any atom is 0.315 e. The molecule has 1 N–H and O–H groups in total. The van der Waals surface area contributed by atoms with Gasteiger partial charge in [-0.1, -0.05) is 0 Å². The summed E-state index contributed by atoms with van der Waals surface area (Å²) in [7, 11) is 0. The van der Waals surface area contributed by atoms with Crippen LogP contribution >= 0.6 is 12.6 Å². The Morgan fingerprint density at radius 1 is 1.75 bits per heavy atom. The van der Waals surface area contributed by atoms with Gasteiger partial charge in [0.15, 0.2) is 0 Å². The highest BCUT2D eigenvalue weighted by Gasteiger charge is 2.20. The molecule has 1 rings (SSSR count). The van der Waals surface area contributed by atoms with Gasteiger partial charge in [-0.05, 0) is 19.1 Å². The van der Waals surface area contributed by atoms with Gasteiger partial charge in [0.05, 0.1) is 0 Å². The summed E-state index contributed by atoms with van der Waals surface area (Å²) < 4.78 is 5.17. The minimum absolute atomic E-state index is 0.252. The average molecular weight is 186 g/mol. The third-order valence-electron chi connectivity index (χ3n) is 1.59. The molecule has 3 nitrogen and oxygen atoms in total. The van der Waals surface area contributed by atoms with Crippen molar-refractivity contribution in [1.29, 1.82) is 0 Å². The van der Waals surface area contributed by atoms with Gasteiger partial charge in [-0.25, -0.2) is 0 Å². The summed E-state index contributed by atoms with van der Waals surface area (Å²) in [5.41, 5.74) is 0. The van der Waals surface area contributed by atoms with Crippen molar-refractivity contribution >= 4 is 18.6 Å². The van der Waals surface area contributed by atoms with Crippen molar-refractivity contribution in [3.8, 4) is 0 Å². The van der Waals surface area contributed by atoms with Gasteiger partial charge in [0, 0.05) is 5.75 Å². The van der Waals surface area contributed by atoms with Crippen LogP contribution in [0.4, 0.5) is 0 Å². The average Bonchev–Trinajstić information content (AvgIpc) is 2.37. The van der Waals surface area contributed by atoms with Crippen LogP contribution < -0.4 is 0 Å². The number of aliphatic carboxylic acids is 1. The quantitative estimate of drug-likeness (QED) is 0.706. The zero-order chi connectivity index (χ0) is 9.14. The lowest BCUT2D eigenvalue weighted by Crippen LogP contribution is -2.12. The molecule has 0 bridgehead atoms. The molecular weight excluding hydrogens is 176 g/mol. The number of carbonyl (C=O) groups is 1. The van der Waals surface area contributed by atoms with Gasteiger partial charge in [-0.15, -0.1) is 0 Å². The van der Waals surface area contributed by atoms with Gasteiger partial charge in [0.25, 0.3) is 0 Å². The molecule has 4 heteroatoms. The minimum atomic E-state index is -0.903. The summed E-state index contributed by atoms with van der Waals surface area (Å²) >= 11 is 3.93. The molecule has 1 heterocycles. The zero-order valence-electron chi connectivity index (χ0n) is 6.65. The highest BCUT2D eigenvalue weighted by atomic mass is 32.1. The molecule has 1 aromatic heterocycles. The van der Waals surface area contributed by atoms with Crippen molar-refractivity contribution in [2.75, 3.05) is 5.75 Å². The van der Waals surface area contributed by atoms with Gasteiger partial charge in [0.1, 0.15) is 17.4 Å². The summed E-state index contributed by atoms with van der Waals surface area (Å²) in [5, 5.41) is 8.73. The van der Waals surface area contributed by atoms with Crippen LogP contribution in [0.2, 0.25) is 0 Å². The summed E-state index contributed by atoms with van der Waals surface area (Å²) in [6.45, 7) is 1.78. The molecule has 0 saturated heterocycles. The number of rotatable bonds is 3. The molecule has 0 aliphatic rings. The molecule has 0 spiro atoms. The lowest BCUT2D eigenvalue weighted by atomic mass is 10.1. The Labute approximate surface area is 75.8 Å². The lowest BCUT2D eigenvalue weighted by Gasteiger charge is -2.04. The molecule has 0 aliphatic carbocycles. The Morgan fingerprint density at radius 3 is 2.75 bits per heavy atom. The summed E-state index contributed by atoms with van der Waals surface area (Å²) in [4.78, 5) is 10.6. The number of carboxylic acids is 1. The molecule has 0 amide bonds. The SMILES string of the molecule is Cc1ccc(C(CS)C(=O)O)o1. The number of aryl methyl sites for hydroxylation is 1. The molecule has 1 atom stereocenters. The standard InChI is InChI=1S/C8H10O3S/c1-5-2-3-7(11-5)6(4-12)8(9)10/h2-3,6,12H,4H2,1H3,(H,9,10). The monoisotopic (exact) mass is 186 g/mol. The molecule has 1 unspecified atom stereocenters. The van der Waals surface area contributed by atoms with E-state index in [1.807, 2.05) is 0 Å². The van der Waals surface area contributed by atoms with Crippen molar-refractivity contribution < 1.29 is 14.3 Å². The summed E-state index contributed by atoms with van der Waals surface area (Å²) in [6, 6.07) is 3.42. The first-order valence-electron chi connectivity index (χ1n) is 3.55. The van der Waals surface area contributed by atoms with Gasteiger partial charge in [-0.3, -0.25) is 4.79 Å². The third kappa shape index (κ3) is 1.82. The van der Waals surface area contributed by atoms with E-state index in [0.29, 0.717) is 5.76 Å². The second-order valence-corrected chi connectivity index (χ2v) is 2.89. The van der Waals surface area contributed by atoms with Gasteiger partial charge >= 0.3 is 5.97 Å². The van der Waals surface area contributed by atoms with Crippen LogP contribution in [0.1, 0.15) is 17.4 Å². The molecule has 1 aromatic rings. The summed E-state index contributed by atoms with van der Waals surface area (Å²) in [6.07, 6.45) is 0. The highest BCUT2D eigenvalue weighted by molar-refractivity contribution is 7.80. The molecule has 0 aliphatic heterocycles. The van der Waals surface area contributed by atoms with Crippen LogP contribution in [0.25, 0.3) is 0 Å². The second-order valence-electron chi connectivity index (χ2n) is 2.52. The predicted octanol–water partition coefficient (Wildman–Crippen LogP) is 1.69. The number of carboxylic acid groups (broad SMARTS) is 1. The third-order valence-corrected chi connectivity index (χ3v) is 1.95. The fourth-order valence-corrected chi connectivity index (χ4v) is 1.27. The Balaban J connectivity index is 2.87. The van der Waals surface area contributed by atoms with Crippen LogP contribution in [-0.4, -0.2) is 16.8 Å². The minimum Gasteiger partial charge on any atom is -0.481 e. The Hall–Kier alpha value is -0.900. The van der Waals surface area contributed by atoms with E-state index < -0.39 is 11.9 Å². The smallest absolute Gasteiger partial charge is 0.315 e. The number of thiol groups is 1. The van der Waals surface area contributed by atoms with Crippen molar-refractivity contribution in [2.24, 2.45) is 0 Å². The Morgan fingerprint density at radius 2 is 2.42 bits per heavy atom. The fraction of sp³-hybridized carbons (Fsp3) is 0.375. The van der Waals surface area contributed by atoms with E-state index >= 15 is 0 Å². The number of hydrogen-bond acceptors (Lipinski definition) is 3. The molecule has 0 radical (unpaired) electrons. The number of hydrogen-bond donors (Lipinski definition) is 2. The van der Waals surface area contributed by atoms with Crippen LogP contribution in [-0.2, 0) is 4.79 Å². The van der Waals surface area contributed by atoms with Crippen molar-refractivity contribution in [1.82, 2.24) is 0 Å². The molecular formula is C8H10O3S. The van der Waals surface area contributed by atoms with E-state index in [2.05, 4.69) is 12.6 Å². The normalized spacial score (nSPS) is 12.8. The van der Waals surface area contributed by atoms with Crippen molar-refractivity contribution in [3.63, 3.8) is 0 Å². The van der Waals surface area contributed by atoms with Crippen LogP contribution in [0.15, 0.2) is 16.5 Å². The van der Waals surface area contributed by atoms with Gasteiger partial charge in [0.2, 0.25) is 0 Å². The van der Waals surface area contributed by atoms with Crippen molar-refractivity contribution in [2.45, 2.75) is 12.8 Å². The fourth-order valence-electron chi connectivity index (χ4n) is 0.930. The molecule has 12 heavy (non-hydrogen) atoms. The second kappa shape index (κ2) is 3.67. The molecule has 0 fully saturated rings. The predicted molar refractivity (Wildman–Crippen MR) is 47.7 cm³/mol. The Kier molecular flexibility index (Phi) is 2.81. The first-order valence-corrected chi connectivity index (χ1v) is 4.18. The topological polar surface area (TPSA) is 50.4 Å². The maximum atomic E-state index is 10.6. The van der Waals surface area contributed by atoms with E-state index in [-0.39, 0.29) is 5.75 Å². The van der Waals surface area contributed by atoms with E-state index in [1.165, 1.54) is 0 Å². The molecule has 66 valence electrons. The van der Waals surface area contributed by atoms with E-state index in [4.69, 9.17) is 9.52 Å². The largest absolute Gasteiger partial charge is 0.481 e. The van der Waals surface area contributed by atoms with Crippen molar-refractivity contribution in [3.05, 3.63) is 23.7 Å². The van der Waals surface area contributed by atoms with Crippen LogP contribution in [0.5, 0.6) is 0 Å². The van der Waals surface area contributed by atoms with Gasteiger partial charge < -0.3 is 9.52 Å². The summed E-state index contributed by atoms with van der Waals surface area (Å²) in [5.74, 6) is -0.100. The molecule has 0 saturated carbocycles. The molecule has 0 aromatic carbocycles. The lowest BCUT2D eigenvalue weighted by molar-refractivity contribution is -0.138. The maximum absolute atomic E-state index is 10.6. The van der Waals surface area contributed by atoms with E-state index in [9.17, 15) is 4.79 Å². The Bertz CT molecular complexity index is 280. The number of furan rings is 1. The zero-order valence-corrected chi connectivity index (χ0v) is 7.54. The van der Waals surface area contributed by atoms with E-state index in [1.54, 1.807) is 19.1 Å². The van der Waals surface area contributed by atoms with Crippen LogP contribution in [0, 0.1) is 6.92 Å². The first-order chi connectivity index (χ1) is 5.65. The van der Waals surface area contributed by atoms with Gasteiger partial charge in [-0.2, -0.15) is 12.6 Å². The first kappa shape index (κ1) is 9.19. The van der Waals surface area contributed by atoms with Crippen LogP contribution in [0.3, 0.4) is 0 Å². The van der Waals surface area contributed by atoms with E-state index in [0.717, 1.165) is 5.76 Å². The highest BCUT2D eigenvalue weighted by Crippen LogP contribution is 2.19.